The molecule has 5 unspecified atom stereocenters. The first-order chi connectivity index (χ1) is 15.5. The lowest BCUT2D eigenvalue weighted by atomic mass is 9.81. The van der Waals surface area contributed by atoms with Gasteiger partial charge in [-0.05, 0) is 51.8 Å². The molecule has 5 atom stereocenters. The summed E-state index contributed by atoms with van der Waals surface area (Å²) >= 11 is 1.35. The number of aliphatic hydroxyl groups is 2. The third kappa shape index (κ3) is 5.43. The van der Waals surface area contributed by atoms with E-state index in [1.165, 1.54) is 36.5 Å². The van der Waals surface area contributed by atoms with E-state index < -0.39 is 49.1 Å². The molecular weight excluding hydrogens is 484 g/mol. The van der Waals surface area contributed by atoms with Crippen LogP contribution in [0.25, 0.3) is 6.08 Å². The summed E-state index contributed by atoms with van der Waals surface area (Å²) in [5.41, 5.74) is -0.732. The van der Waals surface area contributed by atoms with Crippen LogP contribution >= 0.6 is 22.1 Å². The summed E-state index contributed by atoms with van der Waals surface area (Å²) in [6.45, 7) is 4.75. The number of nitrogens with zero attached hydrogens (tertiary/aromatic N) is 1. The Hall–Kier alpha value is -1.92. The summed E-state index contributed by atoms with van der Waals surface area (Å²) in [7, 11) is -1.33. The van der Waals surface area contributed by atoms with Crippen LogP contribution in [0.15, 0.2) is 35.3 Å². The fourth-order valence-electron chi connectivity index (χ4n) is 3.65. The minimum absolute atomic E-state index is 0.0520. The predicted molar refractivity (Wildman–Crippen MR) is 130 cm³/mol. The van der Waals surface area contributed by atoms with Gasteiger partial charge in [0.2, 0.25) is 11.0 Å². The van der Waals surface area contributed by atoms with Gasteiger partial charge in [-0.2, -0.15) is 0 Å². The second kappa shape index (κ2) is 10.1. The Bertz CT molecular complexity index is 1070. The zero-order chi connectivity index (χ0) is 24.4. The van der Waals surface area contributed by atoms with E-state index >= 15 is 0 Å². The third-order valence-corrected chi connectivity index (χ3v) is 10.8. The van der Waals surface area contributed by atoms with Crippen molar-refractivity contribution in [2.45, 2.75) is 62.5 Å². The number of thiazole rings is 1. The fraction of sp³-hybridized carbons (Fsp3) is 0.455. The molecular formula is C22H26N2O6S3. The first-order valence-electron chi connectivity index (χ1n) is 10.3. The molecule has 3 rings (SSSR count). The largest absolute Gasteiger partial charge is 0.381 e. The van der Waals surface area contributed by atoms with E-state index in [0.29, 0.717) is 27.1 Å². The third-order valence-electron chi connectivity index (χ3n) is 5.78. The predicted octanol–water partition coefficient (Wildman–Crippen LogP) is 2.38. The first kappa shape index (κ1) is 25.7. The maximum Gasteiger partial charge on any atom is 0.234 e. The lowest BCUT2D eigenvalue weighted by molar-refractivity contribution is -0.132. The molecule has 1 saturated heterocycles. The van der Waals surface area contributed by atoms with Gasteiger partial charge in [0, 0.05) is 22.6 Å². The van der Waals surface area contributed by atoms with Gasteiger partial charge in [-0.25, -0.2) is 9.19 Å². The molecule has 1 spiro atoms. The number of rotatable bonds is 0. The van der Waals surface area contributed by atoms with Crippen LogP contribution < -0.4 is 5.32 Å². The Balaban J connectivity index is 1.99. The molecule has 3 N–H and O–H groups in total. The molecule has 1 amide bonds. The van der Waals surface area contributed by atoms with Gasteiger partial charge in [0.1, 0.15) is 21.5 Å². The van der Waals surface area contributed by atoms with Gasteiger partial charge in [0.25, 0.3) is 0 Å². The van der Waals surface area contributed by atoms with Crippen molar-refractivity contribution in [3.05, 3.63) is 46.0 Å². The molecule has 3 heterocycles. The quantitative estimate of drug-likeness (QED) is 0.358. The minimum Gasteiger partial charge on any atom is -0.381 e. The van der Waals surface area contributed by atoms with Crippen LogP contribution in [0, 0.1) is 0 Å². The Morgan fingerprint density at radius 3 is 2.61 bits per heavy atom. The number of aromatic nitrogens is 1. The van der Waals surface area contributed by atoms with E-state index in [4.69, 9.17) is 0 Å². The highest BCUT2D eigenvalue weighted by Gasteiger charge is 2.63. The van der Waals surface area contributed by atoms with Crippen LogP contribution in [0.3, 0.4) is 0 Å². The van der Waals surface area contributed by atoms with Crippen LogP contribution in [0.2, 0.25) is 0 Å². The molecule has 11 heteroatoms. The van der Waals surface area contributed by atoms with Gasteiger partial charge in [0.15, 0.2) is 5.78 Å². The molecule has 178 valence electrons. The average molecular weight is 511 g/mol. The zero-order valence-corrected chi connectivity index (χ0v) is 20.9. The Morgan fingerprint density at radius 1 is 1.24 bits per heavy atom. The highest BCUT2D eigenvalue weighted by atomic mass is 33.1. The molecule has 0 radical (unpaired) electrons. The molecule has 0 saturated carbocycles. The molecule has 1 aromatic heterocycles. The fourth-order valence-corrected chi connectivity index (χ4v) is 8.39. The van der Waals surface area contributed by atoms with Crippen molar-refractivity contribution in [2.75, 3.05) is 0 Å². The van der Waals surface area contributed by atoms with Crippen LogP contribution in [-0.4, -0.2) is 52.7 Å². The van der Waals surface area contributed by atoms with Crippen molar-refractivity contribution >= 4 is 54.8 Å². The molecule has 1 fully saturated rings. The zero-order valence-electron chi connectivity index (χ0n) is 18.4. The van der Waals surface area contributed by atoms with E-state index in [2.05, 4.69) is 10.3 Å². The maximum absolute atomic E-state index is 13.0. The number of ketones is 1. The Labute approximate surface area is 202 Å². The number of fused-ring (bicyclic) bond motifs is 2. The number of aliphatic hydroxyl groups excluding tert-OH is 1. The number of hydrogen-bond acceptors (Lipinski definition) is 9. The number of amides is 1. The molecule has 2 aliphatic heterocycles. The van der Waals surface area contributed by atoms with Gasteiger partial charge >= 0.3 is 0 Å². The first-order valence-corrected chi connectivity index (χ1v) is 13.7. The van der Waals surface area contributed by atoms with Crippen molar-refractivity contribution < 1.29 is 28.8 Å². The molecule has 0 aliphatic carbocycles. The highest BCUT2D eigenvalue weighted by molar-refractivity contribution is 8.76. The summed E-state index contributed by atoms with van der Waals surface area (Å²) < 4.78 is 11.5. The molecule has 2 bridgehead atoms. The number of nitrogens with one attached hydrogen (secondary N) is 1. The van der Waals surface area contributed by atoms with Crippen molar-refractivity contribution in [1.29, 1.82) is 0 Å². The Kier molecular flexibility index (Phi) is 7.90. The molecule has 1 aromatic rings. The van der Waals surface area contributed by atoms with E-state index in [9.17, 15) is 28.8 Å². The molecule has 8 nitrogen and oxygen atoms in total. The highest BCUT2D eigenvalue weighted by Crippen LogP contribution is 2.50. The summed E-state index contributed by atoms with van der Waals surface area (Å²) in [6, 6.07) is -0.433. The molecule has 0 aromatic carbocycles. The summed E-state index contributed by atoms with van der Waals surface area (Å²) in [5, 5.41) is 25.8. The van der Waals surface area contributed by atoms with Gasteiger partial charge in [0.05, 0.1) is 21.6 Å². The monoisotopic (exact) mass is 510 g/mol. The van der Waals surface area contributed by atoms with Crippen molar-refractivity contribution in [1.82, 2.24) is 10.3 Å². The normalized spacial score (nSPS) is 37.7. The van der Waals surface area contributed by atoms with Gasteiger partial charge in [-0.3, -0.25) is 14.4 Å². The SMILES string of the molecule is C/C1=C\C(O)C(=O)/C=C/C=C\c2csc(n2)C(C)NC(=O)CC2(CC1)S(=O)SC(=O)C2(C)O. The lowest BCUT2D eigenvalue weighted by Gasteiger charge is -2.36. The van der Waals surface area contributed by atoms with Crippen molar-refractivity contribution in [3.63, 3.8) is 0 Å². The van der Waals surface area contributed by atoms with Crippen LogP contribution in [0.4, 0.5) is 0 Å². The molecule has 33 heavy (non-hydrogen) atoms. The topological polar surface area (TPSA) is 134 Å². The van der Waals surface area contributed by atoms with Crippen LogP contribution in [0.1, 0.15) is 56.8 Å². The van der Waals surface area contributed by atoms with E-state index in [1.807, 2.05) is 0 Å². The lowest BCUT2D eigenvalue weighted by Crippen LogP contribution is -2.55. The average Bonchev–Trinajstić information content (AvgIpc) is 3.27. The number of carbonyl (C=O) groups excluding carboxylic acids is 3. The summed E-state index contributed by atoms with van der Waals surface area (Å²) in [6.07, 6.45) is 6.07. The molecule has 2 aliphatic rings. The second-order valence-electron chi connectivity index (χ2n) is 8.33. The number of carbonyl (C=O) groups is 3. The van der Waals surface area contributed by atoms with Crippen LogP contribution in [0.5, 0.6) is 0 Å². The van der Waals surface area contributed by atoms with E-state index in [0.717, 1.165) is 0 Å². The summed E-state index contributed by atoms with van der Waals surface area (Å²) in [4.78, 5) is 42.0. The summed E-state index contributed by atoms with van der Waals surface area (Å²) in [5.74, 6) is -0.969. The number of hydrogen-bond donors (Lipinski definition) is 3. The van der Waals surface area contributed by atoms with Crippen molar-refractivity contribution in [2.24, 2.45) is 0 Å². The van der Waals surface area contributed by atoms with Crippen LogP contribution in [-0.2, 0) is 24.2 Å². The second-order valence-corrected chi connectivity index (χ2v) is 12.4. The smallest absolute Gasteiger partial charge is 0.234 e. The van der Waals surface area contributed by atoms with E-state index in [-0.39, 0.29) is 19.3 Å². The van der Waals surface area contributed by atoms with Gasteiger partial charge < -0.3 is 15.5 Å². The number of allylic oxidation sites excluding steroid dienone is 3. The van der Waals surface area contributed by atoms with Crippen molar-refractivity contribution in [3.8, 4) is 0 Å². The standard InChI is InChI=1S/C22H26N2O6S3/c1-13-8-9-22(21(3,29)20(28)32-33(22)30)11-18(27)23-14(2)19-24-15(12-31-19)6-4-5-7-16(25)17(26)10-13/h4-7,10,12,14,17,26,29H,8-9,11H2,1-3H3,(H,23,27)/b6-4-,7-5+,13-10+. The van der Waals surface area contributed by atoms with Gasteiger partial charge in [-0.15, -0.1) is 11.3 Å². The Morgan fingerprint density at radius 2 is 1.94 bits per heavy atom. The van der Waals surface area contributed by atoms with Gasteiger partial charge in [-0.1, -0.05) is 17.7 Å². The maximum atomic E-state index is 13.0. The van der Waals surface area contributed by atoms with E-state index in [1.54, 1.807) is 31.4 Å². The minimum atomic E-state index is -1.99.